The highest BCUT2D eigenvalue weighted by Gasteiger charge is 2.43. The fourth-order valence-electron chi connectivity index (χ4n) is 4.68. The quantitative estimate of drug-likeness (QED) is 0.619. The third-order valence-corrected chi connectivity index (χ3v) is 6.65. The van der Waals surface area contributed by atoms with Gasteiger partial charge in [-0.3, -0.25) is 14.6 Å². The highest BCUT2D eigenvalue weighted by molar-refractivity contribution is 5.89. The number of pyridine rings is 1. The molecule has 3 N–H and O–H groups in total. The molecule has 2 aliphatic heterocycles. The topological polar surface area (TPSA) is 94.6 Å². The van der Waals surface area contributed by atoms with Gasteiger partial charge in [-0.1, -0.05) is 44.5 Å². The smallest absolute Gasteiger partial charge is 0.243 e. The molecule has 0 saturated carbocycles. The lowest BCUT2D eigenvalue weighted by Crippen LogP contribution is -2.57. The maximum Gasteiger partial charge on any atom is 0.243 e. The fraction of sp³-hybridized carbons (Fsp3) is 0.480. The highest BCUT2D eigenvalue weighted by atomic mass is 16.3. The van der Waals surface area contributed by atoms with Crippen molar-refractivity contribution in [3.8, 4) is 0 Å². The van der Waals surface area contributed by atoms with Crippen molar-refractivity contribution >= 4 is 17.5 Å². The van der Waals surface area contributed by atoms with Crippen LogP contribution in [0.3, 0.4) is 0 Å². The van der Waals surface area contributed by atoms with Gasteiger partial charge in [0.25, 0.3) is 0 Å². The summed E-state index contributed by atoms with van der Waals surface area (Å²) in [5.41, 5.74) is 4.04. The van der Waals surface area contributed by atoms with Crippen LogP contribution in [0, 0.1) is 5.92 Å². The van der Waals surface area contributed by atoms with Gasteiger partial charge in [0.1, 0.15) is 12.3 Å². The zero-order valence-electron chi connectivity index (χ0n) is 18.8. The Morgan fingerprint density at radius 1 is 1.25 bits per heavy atom. The van der Waals surface area contributed by atoms with Crippen molar-refractivity contribution < 1.29 is 14.7 Å². The maximum absolute atomic E-state index is 13.2. The van der Waals surface area contributed by atoms with Crippen LogP contribution in [0.1, 0.15) is 49.8 Å². The van der Waals surface area contributed by atoms with Gasteiger partial charge in [0.2, 0.25) is 11.8 Å². The van der Waals surface area contributed by atoms with E-state index < -0.39 is 18.3 Å². The zero-order chi connectivity index (χ0) is 22.7. The van der Waals surface area contributed by atoms with Crippen molar-refractivity contribution in [2.24, 2.45) is 5.92 Å². The molecule has 0 radical (unpaired) electrons. The predicted octanol–water partition coefficient (Wildman–Crippen LogP) is 2.31. The number of carbonyl (C=O) groups is 2. The number of hydrogen-bond acceptors (Lipinski definition) is 5. The van der Waals surface area contributed by atoms with Crippen LogP contribution in [0.25, 0.3) is 0 Å². The van der Waals surface area contributed by atoms with Crippen LogP contribution >= 0.6 is 0 Å². The first-order chi connectivity index (χ1) is 15.5. The first kappa shape index (κ1) is 22.3. The molecule has 7 heteroatoms. The SMILES string of the molecule is CCC(C)CC(=O)NC1CCc2cccc3c2N(C(C(=O)NCc2cccnc2)C3)C1O. The van der Waals surface area contributed by atoms with Gasteiger partial charge in [-0.05, 0) is 41.5 Å². The van der Waals surface area contributed by atoms with E-state index in [-0.39, 0.29) is 11.8 Å². The largest absolute Gasteiger partial charge is 0.371 e. The van der Waals surface area contributed by atoms with Crippen molar-refractivity contribution in [3.05, 3.63) is 59.4 Å². The van der Waals surface area contributed by atoms with E-state index in [2.05, 4.69) is 28.6 Å². The van der Waals surface area contributed by atoms with Crippen LogP contribution in [0.2, 0.25) is 0 Å². The molecule has 0 bridgehead atoms. The summed E-state index contributed by atoms with van der Waals surface area (Å²) in [4.78, 5) is 31.7. The number of carbonyl (C=O) groups excluding carboxylic acids is 2. The average molecular weight is 437 g/mol. The summed E-state index contributed by atoms with van der Waals surface area (Å²) in [7, 11) is 0. The molecule has 1 aromatic carbocycles. The summed E-state index contributed by atoms with van der Waals surface area (Å²) in [6.07, 6.45) is 5.74. The van der Waals surface area contributed by atoms with Crippen LogP contribution in [-0.4, -0.2) is 40.2 Å². The number of nitrogens with one attached hydrogen (secondary N) is 2. The van der Waals surface area contributed by atoms with E-state index in [4.69, 9.17) is 0 Å². The van der Waals surface area contributed by atoms with Gasteiger partial charge < -0.3 is 20.6 Å². The number of aromatic nitrogens is 1. The Morgan fingerprint density at radius 2 is 2.06 bits per heavy atom. The highest BCUT2D eigenvalue weighted by Crippen LogP contribution is 2.40. The number of nitrogens with zero attached hydrogens (tertiary/aromatic N) is 2. The van der Waals surface area contributed by atoms with E-state index in [1.165, 1.54) is 0 Å². The van der Waals surface area contributed by atoms with Crippen LogP contribution in [0.5, 0.6) is 0 Å². The molecule has 4 rings (SSSR count). The second-order valence-electron chi connectivity index (χ2n) is 8.97. The van der Waals surface area contributed by atoms with Crippen molar-refractivity contribution in [2.75, 3.05) is 4.90 Å². The summed E-state index contributed by atoms with van der Waals surface area (Å²) in [6.45, 7) is 4.50. The van der Waals surface area contributed by atoms with E-state index in [0.717, 1.165) is 35.2 Å². The molecular weight excluding hydrogens is 404 g/mol. The van der Waals surface area contributed by atoms with E-state index in [9.17, 15) is 14.7 Å². The maximum atomic E-state index is 13.2. The van der Waals surface area contributed by atoms with Crippen molar-refractivity contribution in [3.63, 3.8) is 0 Å². The Kier molecular flexibility index (Phi) is 6.74. The Bertz CT molecular complexity index is 965. The van der Waals surface area contributed by atoms with E-state index in [1.54, 1.807) is 12.4 Å². The summed E-state index contributed by atoms with van der Waals surface area (Å²) < 4.78 is 0. The minimum atomic E-state index is -0.963. The van der Waals surface area contributed by atoms with Crippen LogP contribution in [0.15, 0.2) is 42.7 Å². The van der Waals surface area contributed by atoms with Gasteiger partial charge in [-0.2, -0.15) is 0 Å². The first-order valence-electron chi connectivity index (χ1n) is 11.5. The Morgan fingerprint density at radius 3 is 2.81 bits per heavy atom. The second kappa shape index (κ2) is 9.69. The lowest BCUT2D eigenvalue weighted by atomic mass is 10.0. The number of benzene rings is 1. The molecule has 3 heterocycles. The molecule has 2 aromatic rings. The molecule has 2 amide bonds. The van der Waals surface area contributed by atoms with E-state index >= 15 is 0 Å². The van der Waals surface area contributed by atoms with Gasteiger partial charge in [0.05, 0.1) is 6.04 Å². The molecule has 32 heavy (non-hydrogen) atoms. The molecule has 170 valence electrons. The number of aliphatic hydroxyl groups excluding tert-OH is 1. The summed E-state index contributed by atoms with van der Waals surface area (Å²) in [5, 5.41) is 17.4. The third-order valence-electron chi connectivity index (χ3n) is 6.65. The molecule has 4 unspecified atom stereocenters. The zero-order valence-corrected chi connectivity index (χ0v) is 18.8. The van der Waals surface area contributed by atoms with Crippen LogP contribution in [-0.2, 0) is 29.0 Å². The summed E-state index contributed by atoms with van der Waals surface area (Å²) >= 11 is 0. The van der Waals surface area contributed by atoms with Gasteiger partial charge >= 0.3 is 0 Å². The standard InChI is InChI=1S/C25H32N4O3/c1-3-16(2)12-22(30)28-20-10-9-18-7-4-8-19-13-21(29(23(18)19)25(20)32)24(31)27-15-17-6-5-11-26-14-17/h4-8,11,14,16,20-21,25,32H,3,9-10,12-13,15H2,1-2H3,(H,27,31)(H,28,30). The number of amides is 2. The minimum Gasteiger partial charge on any atom is -0.371 e. The summed E-state index contributed by atoms with van der Waals surface area (Å²) in [5.74, 6) is 0.104. The van der Waals surface area contributed by atoms with Gasteiger partial charge in [-0.25, -0.2) is 0 Å². The predicted molar refractivity (Wildman–Crippen MR) is 123 cm³/mol. The lowest BCUT2D eigenvalue weighted by molar-refractivity contribution is -0.123. The van der Waals surface area contributed by atoms with Crippen LogP contribution < -0.4 is 15.5 Å². The van der Waals surface area contributed by atoms with Gasteiger partial charge in [0, 0.05) is 37.5 Å². The number of hydrogen-bond donors (Lipinski definition) is 3. The van der Waals surface area contributed by atoms with E-state index in [0.29, 0.717) is 31.7 Å². The number of aryl methyl sites for hydroxylation is 1. The number of aliphatic hydroxyl groups is 1. The molecule has 2 aliphatic rings. The molecule has 4 atom stereocenters. The second-order valence-corrected chi connectivity index (χ2v) is 8.97. The number of anilines is 1. The number of para-hydroxylation sites is 1. The molecule has 7 nitrogen and oxygen atoms in total. The fourth-order valence-corrected chi connectivity index (χ4v) is 4.68. The minimum absolute atomic E-state index is 0.0497. The molecule has 0 spiro atoms. The molecule has 0 saturated heterocycles. The molecule has 0 fully saturated rings. The average Bonchev–Trinajstić information content (AvgIpc) is 3.14. The van der Waals surface area contributed by atoms with Gasteiger partial charge in [0.15, 0.2) is 0 Å². The monoisotopic (exact) mass is 436 g/mol. The molecule has 1 aromatic heterocycles. The lowest BCUT2D eigenvalue weighted by Gasteiger charge is -2.35. The van der Waals surface area contributed by atoms with Crippen LogP contribution in [0.4, 0.5) is 5.69 Å². The van der Waals surface area contributed by atoms with E-state index in [1.807, 2.05) is 36.1 Å². The molecular formula is C25H32N4O3. The molecule has 0 aliphatic carbocycles. The number of rotatable bonds is 7. The first-order valence-corrected chi connectivity index (χ1v) is 11.5. The van der Waals surface area contributed by atoms with Crippen molar-refractivity contribution in [2.45, 2.75) is 70.8 Å². The van der Waals surface area contributed by atoms with Gasteiger partial charge in [-0.15, -0.1) is 0 Å². The Balaban J connectivity index is 1.53. The van der Waals surface area contributed by atoms with Crippen molar-refractivity contribution in [1.82, 2.24) is 15.6 Å². The third kappa shape index (κ3) is 4.63. The van der Waals surface area contributed by atoms with Crippen molar-refractivity contribution in [1.29, 1.82) is 0 Å². The normalized spacial score (nSPS) is 22.6. The Labute approximate surface area is 189 Å². The Hall–Kier alpha value is -2.93. The summed E-state index contributed by atoms with van der Waals surface area (Å²) in [6, 6.07) is 8.88.